The van der Waals surface area contributed by atoms with Crippen LogP contribution < -0.4 is 26.6 Å². The first-order valence-electron chi connectivity index (χ1n) is 8.13. The Morgan fingerprint density at radius 2 is 1.88 bits per heavy atom. The van der Waals surface area contributed by atoms with E-state index < -0.39 is 23.3 Å². The van der Waals surface area contributed by atoms with Gasteiger partial charge in [-0.25, -0.2) is 9.59 Å². The number of carbonyl (C=O) groups is 1. The highest BCUT2D eigenvalue weighted by Gasteiger charge is 2.31. The van der Waals surface area contributed by atoms with Crippen LogP contribution in [0.2, 0.25) is 0 Å². The number of aromatic amines is 1. The molecule has 3 rings (SSSR count). The van der Waals surface area contributed by atoms with Crippen LogP contribution in [-0.4, -0.2) is 22.7 Å². The normalized spacial score (nSPS) is 15.9. The van der Waals surface area contributed by atoms with Gasteiger partial charge in [0.1, 0.15) is 11.6 Å². The van der Waals surface area contributed by atoms with Crippen molar-refractivity contribution >= 4 is 11.8 Å². The van der Waals surface area contributed by atoms with Crippen LogP contribution >= 0.6 is 0 Å². The van der Waals surface area contributed by atoms with Crippen LogP contribution in [0.15, 0.2) is 33.9 Å². The second-order valence-corrected chi connectivity index (χ2v) is 5.83. The van der Waals surface area contributed by atoms with Crippen LogP contribution in [-0.2, 0) is 6.54 Å². The highest BCUT2D eigenvalue weighted by Crippen LogP contribution is 2.29. The molecule has 1 aromatic heterocycles. The van der Waals surface area contributed by atoms with E-state index in [1.807, 2.05) is 6.92 Å². The standard InChI is InChI=1S/C17H20N4O4/c1-3-4-9-21-14-12(15(22)20-17(21)24)13(18-16(23)19-14)10-5-7-11(25-2)8-6-10/h5-8,13H,3-4,9H2,1-2H3,(H2,18,19,23)(H,20,22,24). The molecule has 2 heterocycles. The van der Waals surface area contributed by atoms with Gasteiger partial charge in [-0.2, -0.15) is 0 Å². The Morgan fingerprint density at radius 3 is 2.52 bits per heavy atom. The van der Waals surface area contributed by atoms with E-state index >= 15 is 0 Å². The number of fused-ring (bicyclic) bond motifs is 1. The number of amides is 2. The van der Waals surface area contributed by atoms with E-state index in [4.69, 9.17) is 4.74 Å². The summed E-state index contributed by atoms with van der Waals surface area (Å²) >= 11 is 0. The van der Waals surface area contributed by atoms with Crippen molar-refractivity contribution in [3.05, 3.63) is 56.2 Å². The lowest BCUT2D eigenvalue weighted by atomic mass is 9.98. The topological polar surface area (TPSA) is 105 Å². The zero-order valence-corrected chi connectivity index (χ0v) is 14.1. The summed E-state index contributed by atoms with van der Waals surface area (Å²) in [6.07, 6.45) is 1.64. The van der Waals surface area contributed by atoms with E-state index in [1.165, 1.54) is 4.57 Å². The van der Waals surface area contributed by atoms with Crippen molar-refractivity contribution in [2.75, 3.05) is 12.4 Å². The number of nitrogens with one attached hydrogen (secondary N) is 3. The number of H-pyrrole nitrogens is 1. The van der Waals surface area contributed by atoms with Crippen molar-refractivity contribution in [3.8, 4) is 5.75 Å². The molecule has 0 aliphatic carbocycles. The number of urea groups is 1. The lowest BCUT2D eigenvalue weighted by Gasteiger charge is -2.28. The van der Waals surface area contributed by atoms with E-state index in [2.05, 4.69) is 15.6 Å². The van der Waals surface area contributed by atoms with Crippen molar-refractivity contribution in [2.24, 2.45) is 0 Å². The zero-order valence-electron chi connectivity index (χ0n) is 14.1. The van der Waals surface area contributed by atoms with Crippen molar-refractivity contribution in [1.29, 1.82) is 0 Å². The Kier molecular flexibility index (Phi) is 4.60. The number of unbranched alkanes of at least 4 members (excludes halogenated alkanes) is 1. The number of rotatable bonds is 5. The lowest BCUT2D eigenvalue weighted by Crippen LogP contribution is -2.46. The molecule has 132 valence electrons. The van der Waals surface area contributed by atoms with Gasteiger partial charge in [0.05, 0.1) is 18.7 Å². The van der Waals surface area contributed by atoms with Crippen LogP contribution in [0.25, 0.3) is 0 Å². The van der Waals surface area contributed by atoms with Crippen LogP contribution in [0, 0.1) is 0 Å². The molecule has 25 heavy (non-hydrogen) atoms. The third-order valence-corrected chi connectivity index (χ3v) is 4.22. The van der Waals surface area contributed by atoms with E-state index in [-0.39, 0.29) is 5.82 Å². The number of methoxy groups -OCH3 is 1. The number of benzene rings is 1. The highest BCUT2D eigenvalue weighted by atomic mass is 16.5. The second kappa shape index (κ2) is 6.84. The Balaban J connectivity index is 2.14. The molecule has 1 atom stereocenters. The maximum atomic E-state index is 12.4. The molecule has 8 heteroatoms. The van der Waals surface area contributed by atoms with Gasteiger partial charge in [-0.15, -0.1) is 0 Å². The molecule has 1 aromatic carbocycles. The first-order valence-corrected chi connectivity index (χ1v) is 8.13. The summed E-state index contributed by atoms with van der Waals surface area (Å²) in [5.41, 5.74) is 0.0116. The van der Waals surface area contributed by atoms with Gasteiger partial charge in [-0.3, -0.25) is 19.7 Å². The molecule has 0 spiro atoms. The molecule has 0 bridgehead atoms. The Labute approximate surface area is 143 Å². The number of anilines is 1. The maximum Gasteiger partial charge on any atom is 0.329 e. The minimum Gasteiger partial charge on any atom is -0.497 e. The van der Waals surface area contributed by atoms with Crippen LogP contribution in [0.5, 0.6) is 5.75 Å². The van der Waals surface area contributed by atoms with Gasteiger partial charge in [0.15, 0.2) is 0 Å². The zero-order chi connectivity index (χ0) is 18.0. The third-order valence-electron chi connectivity index (χ3n) is 4.22. The first-order chi connectivity index (χ1) is 12.0. The van der Waals surface area contributed by atoms with E-state index in [0.717, 1.165) is 18.4 Å². The van der Waals surface area contributed by atoms with Gasteiger partial charge in [0, 0.05) is 6.54 Å². The number of hydrogen-bond acceptors (Lipinski definition) is 4. The number of ether oxygens (including phenoxy) is 1. The van der Waals surface area contributed by atoms with Crippen molar-refractivity contribution in [1.82, 2.24) is 14.9 Å². The number of carbonyl (C=O) groups excluding carboxylic acids is 1. The summed E-state index contributed by atoms with van der Waals surface area (Å²) in [5, 5.41) is 5.35. The summed E-state index contributed by atoms with van der Waals surface area (Å²) < 4.78 is 6.55. The third kappa shape index (κ3) is 3.15. The average molecular weight is 344 g/mol. The fourth-order valence-electron chi connectivity index (χ4n) is 2.91. The Bertz CT molecular complexity index is 898. The Morgan fingerprint density at radius 1 is 1.16 bits per heavy atom. The second-order valence-electron chi connectivity index (χ2n) is 5.83. The van der Waals surface area contributed by atoms with Crippen molar-refractivity contribution in [2.45, 2.75) is 32.4 Å². The lowest BCUT2D eigenvalue weighted by molar-refractivity contribution is 0.248. The summed E-state index contributed by atoms with van der Waals surface area (Å²) in [6.45, 7) is 2.42. The van der Waals surface area contributed by atoms with Crippen molar-refractivity contribution in [3.63, 3.8) is 0 Å². The van der Waals surface area contributed by atoms with Gasteiger partial charge in [-0.1, -0.05) is 25.5 Å². The maximum absolute atomic E-state index is 12.4. The molecule has 0 radical (unpaired) electrons. The first kappa shape index (κ1) is 16.8. The van der Waals surface area contributed by atoms with Gasteiger partial charge in [0.25, 0.3) is 5.56 Å². The molecule has 8 nitrogen and oxygen atoms in total. The number of aromatic nitrogens is 2. The largest absolute Gasteiger partial charge is 0.497 e. The predicted octanol–water partition coefficient (Wildman–Crippen LogP) is 1.57. The molecule has 0 fully saturated rings. The van der Waals surface area contributed by atoms with E-state index in [1.54, 1.807) is 31.4 Å². The number of nitrogens with zero attached hydrogens (tertiary/aromatic N) is 1. The van der Waals surface area contributed by atoms with Gasteiger partial charge in [0.2, 0.25) is 0 Å². The molecular weight excluding hydrogens is 324 g/mol. The summed E-state index contributed by atoms with van der Waals surface area (Å²) in [5.74, 6) is 0.929. The molecule has 1 aliphatic heterocycles. The molecule has 3 N–H and O–H groups in total. The fourth-order valence-corrected chi connectivity index (χ4v) is 2.91. The fraction of sp³-hybridized carbons (Fsp3) is 0.353. The minimum atomic E-state index is -0.646. The molecule has 2 aromatic rings. The van der Waals surface area contributed by atoms with Gasteiger partial charge in [-0.05, 0) is 24.1 Å². The van der Waals surface area contributed by atoms with E-state index in [0.29, 0.717) is 17.9 Å². The molecule has 1 aliphatic rings. The summed E-state index contributed by atoms with van der Waals surface area (Å²) in [4.78, 5) is 39.1. The van der Waals surface area contributed by atoms with Gasteiger partial charge >= 0.3 is 11.7 Å². The molecule has 1 unspecified atom stereocenters. The van der Waals surface area contributed by atoms with Crippen LogP contribution in [0.1, 0.15) is 36.9 Å². The average Bonchev–Trinajstić information content (AvgIpc) is 2.60. The SMILES string of the molecule is CCCCn1c2c(c(=O)[nH]c1=O)C(c1ccc(OC)cc1)NC(=O)N2. The summed E-state index contributed by atoms with van der Waals surface area (Å²) in [7, 11) is 1.56. The number of hydrogen-bond donors (Lipinski definition) is 3. The molecule has 0 saturated carbocycles. The highest BCUT2D eigenvalue weighted by molar-refractivity contribution is 5.92. The predicted molar refractivity (Wildman–Crippen MR) is 93.2 cm³/mol. The Hall–Kier alpha value is -3.03. The van der Waals surface area contributed by atoms with Crippen LogP contribution in [0.4, 0.5) is 10.6 Å². The smallest absolute Gasteiger partial charge is 0.329 e. The van der Waals surface area contributed by atoms with Crippen LogP contribution in [0.3, 0.4) is 0 Å². The monoisotopic (exact) mass is 344 g/mol. The summed E-state index contributed by atoms with van der Waals surface area (Å²) in [6, 6.07) is 5.96. The minimum absolute atomic E-state index is 0.256. The quantitative estimate of drug-likeness (QED) is 0.765. The molecular formula is C17H20N4O4. The molecule has 0 saturated heterocycles. The van der Waals surface area contributed by atoms with Gasteiger partial charge < -0.3 is 10.1 Å². The molecule has 2 amide bonds. The van der Waals surface area contributed by atoms with E-state index in [9.17, 15) is 14.4 Å². The van der Waals surface area contributed by atoms with Crippen molar-refractivity contribution < 1.29 is 9.53 Å².